The molecule has 7 nitrogen and oxygen atoms in total. The second kappa shape index (κ2) is 9.13. The van der Waals surface area contributed by atoms with Gasteiger partial charge in [0.25, 0.3) is 11.5 Å². The number of aromatic nitrogens is 2. The van der Waals surface area contributed by atoms with E-state index < -0.39 is 0 Å². The number of hydrogen-bond acceptors (Lipinski definition) is 7. The monoisotopic (exact) mass is 416 g/mol. The first-order valence-corrected chi connectivity index (χ1v) is 9.89. The normalized spacial score (nSPS) is 15.6. The first-order chi connectivity index (χ1) is 13.6. The average molecular weight is 417 g/mol. The summed E-state index contributed by atoms with van der Waals surface area (Å²) in [4.78, 5) is 32.1. The molecule has 0 saturated carbocycles. The standard InChI is InChI=1S/C19H20N4O3S2/c1-3-9-23-18(25)14(28-19(23)27)12-13-16(20-8-6-11-26-2)21-15-7-4-5-10-22(15)17(13)24/h3-5,7,10,12,20H,1,6,8-9,11H2,2H3/b14-12-. The SMILES string of the molecule is C=CCN1C(=O)/C(=C/c2c(NCCCOC)nc3ccccn3c2=O)SC1=S. The van der Waals surface area contributed by atoms with Crippen LogP contribution >= 0.6 is 24.0 Å². The van der Waals surface area contributed by atoms with Gasteiger partial charge in [-0.25, -0.2) is 4.98 Å². The molecule has 0 aliphatic carbocycles. The summed E-state index contributed by atoms with van der Waals surface area (Å²) in [5, 5.41) is 3.19. The van der Waals surface area contributed by atoms with Gasteiger partial charge in [0.05, 0.1) is 10.5 Å². The Labute approximate surface area is 172 Å². The highest BCUT2D eigenvalue weighted by Gasteiger charge is 2.31. The Morgan fingerprint density at radius 3 is 2.96 bits per heavy atom. The Kier molecular flexibility index (Phi) is 6.61. The fourth-order valence-corrected chi connectivity index (χ4v) is 3.97. The van der Waals surface area contributed by atoms with Crippen molar-refractivity contribution >= 4 is 51.7 Å². The molecule has 28 heavy (non-hydrogen) atoms. The van der Waals surface area contributed by atoms with Gasteiger partial charge >= 0.3 is 0 Å². The molecule has 3 heterocycles. The van der Waals surface area contributed by atoms with E-state index >= 15 is 0 Å². The third kappa shape index (κ3) is 4.16. The van der Waals surface area contributed by atoms with Crippen molar-refractivity contribution in [2.45, 2.75) is 6.42 Å². The fraction of sp³-hybridized carbons (Fsp3) is 0.263. The molecule has 3 rings (SSSR count). The lowest BCUT2D eigenvalue weighted by Crippen LogP contribution is -2.28. The minimum Gasteiger partial charge on any atom is -0.385 e. The predicted molar refractivity (Wildman–Crippen MR) is 117 cm³/mol. The molecule has 2 aromatic heterocycles. The van der Waals surface area contributed by atoms with Gasteiger partial charge in [-0.15, -0.1) is 6.58 Å². The molecule has 9 heteroatoms. The molecule has 0 spiro atoms. The number of nitrogens with zero attached hydrogens (tertiary/aromatic N) is 3. The van der Waals surface area contributed by atoms with Crippen molar-refractivity contribution in [3.05, 3.63) is 57.9 Å². The molecule has 1 saturated heterocycles. The van der Waals surface area contributed by atoms with Crippen LogP contribution in [0.1, 0.15) is 12.0 Å². The van der Waals surface area contributed by atoms with Crippen LogP contribution in [0, 0.1) is 0 Å². The van der Waals surface area contributed by atoms with Crippen LogP contribution < -0.4 is 10.9 Å². The van der Waals surface area contributed by atoms with E-state index in [4.69, 9.17) is 17.0 Å². The van der Waals surface area contributed by atoms with E-state index in [-0.39, 0.29) is 11.5 Å². The number of ether oxygens (including phenoxy) is 1. The molecule has 0 aromatic carbocycles. The summed E-state index contributed by atoms with van der Waals surface area (Å²) in [5.74, 6) is 0.194. The number of anilines is 1. The van der Waals surface area contributed by atoms with Gasteiger partial charge in [0.1, 0.15) is 15.8 Å². The second-order valence-electron chi connectivity index (χ2n) is 5.96. The zero-order valence-electron chi connectivity index (χ0n) is 15.4. The summed E-state index contributed by atoms with van der Waals surface area (Å²) < 4.78 is 6.96. The third-order valence-electron chi connectivity index (χ3n) is 4.05. The van der Waals surface area contributed by atoms with E-state index in [1.165, 1.54) is 21.1 Å². The lowest BCUT2D eigenvalue weighted by molar-refractivity contribution is -0.121. The van der Waals surface area contributed by atoms with Crippen molar-refractivity contribution in [2.75, 3.05) is 32.1 Å². The average Bonchev–Trinajstić information content (AvgIpc) is 2.96. The van der Waals surface area contributed by atoms with Crippen molar-refractivity contribution < 1.29 is 9.53 Å². The first-order valence-electron chi connectivity index (χ1n) is 8.67. The highest BCUT2D eigenvalue weighted by atomic mass is 32.2. The fourth-order valence-electron chi connectivity index (χ4n) is 2.71. The van der Waals surface area contributed by atoms with E-state index in [0.717, 1.165) is 6.42 Å². The molecule has 1 amide bonds. The number of carbonyl (C=O) groups excluding carboxylic acids is 1. The summed E-state index contributed by atoms with van der Waals surface area (Å²) in [5.41, 5.74) is 0.590. The number of nitrogens with one attached hydrogen (secondary N) is 1. The summed E-state index contributed by atoms with van der Waals surface area (Å²) in [6.07, 6.45) is 5.59. The highest BCUT2D eigenvalue weighted by molar-refractivity contribution is 8.26. The molecule has 1 aliphatic heterocycles. The largest absolute Gasteiger partial charge is 0.385 e. The molecular weight excluding hydrogens is 396 g/mol. The Morgan fingerprint density at radius 2 is 2.21 bits per heavy atom. The number of carbonyl (C=O) groups is 1. The van der Waals surface area contributed by atoms with E-state index in [9.17, 15) is 9.59 Å². The van der Waals surface area contributed by atoms with Gasteiger partial charge in [-0.05, 0) is 24.6 Å². The summed E-state index contributed by atoms with van der Waals surface area (Å²) in [6, 6.07) is 5.33. The van der Waals surface area contributed by atoms with Crippen LogP contribution in [0.2, 0.25) is 0 Å². The van der Waals surface area contributed by atoms with Crippen molar-refractivity contribution in [1.82, 2.24) is 14.3 Å². The lowest BCUT2D eigenvalue weighted by atomic mass is 10.2. The van der Waals surface area contributed by atoms with Crippen LogP contribution in [0.25, 0.3) is 11.7 Å². The maximum atomic E-state index is 13.1. The molecule has 2 aromatic rings. The Balaban J connectivity index is 2.04. The van der Waals surface area contributed by atoms with Gasteiger partial charge in [-0.1, -0.05) is 36.1 Å². The summed E-state index contributed by atoms with van der Waals surface area (Å²) in [6.45, 7) is 5.16. The quantitative estimate of drug-likeness (QED) is 0.307. The Hall–Kier alpha value is -2.49. The number of thiocarbonyl (C=S) groups is 1. The smallest absolute Gasteiger partial charge is 0.267 e. The number of pyridine rings is 1. The number of hydrogen-bond donors (Lipinski definition) is 1. The van der Waals surface area contributed by atoms with Crippen LogP contribution in [-0.4, -0.2) is 51.3 Å². The van der Waals surface area contributed by atoms with E-state index in [2.05, 4.69) is 16.9 Å². The molecule has 0 atom stereocenters. The number of fused-ring (bicyclic) bond motifs is 1. The van der Waals surface area contributed by atoms with Gasteiger partial charge in [0.15, 0.2) is 0 Å². The molecule has 1 fully saturated rings. The molecule has 0 bridgehead atoms. The van der Waals surface area contributed by atoms with Gasteiger partial charge in [0, 0.05) is 33.0 Å². The van der Waals surface area contributed by atoms with E-state index in [1.807, 2.05) is 6.07 Å². The minimum atomic E-state index is -0.256. The highest BCUT2D eigenvalue weighted by Crippen LogP contribution is 2.32. The molecular formula is C19H20N4O3S2. The lowest BCUT2D eigenvalue weighted by Gasteiger charge is -2.11. The van der Waals surface area contributed by atoms with Crippen LogP contribution in [0.5, 0.6) is 0 Å². The number of thioether (sulfide) groups is 1. The van der Waals surface area contributed by atoms with Crippen LogP contribution in [0.3, 0.4) is 0 Å². The van der Waals surface area contributed by atoms with Crippen molar-refractivity contribution in [3.8, 4) is 0 Å². The molecule has 0 unspecified atom stereocenters. The van der Waals surface area contributed by atoms with Crippen molar-refractivity contribution in [2.24, 2.45) is 0 Å². The van der Waals surface area contributed by atoms with Crippen LogP contribution in [0.4, 0.5) is 5.82 Å². The first kappa shape index (κ1) is 20.2. The number of rotatable bonds is 8. The van der Waals surface area contributed by atoms with E-state index in [0.29, 0.717) is 46.0 Å². The maximum absolute atomic E-state index is 13.1. The topological polar surface area (TPSA) is 75.9 Å². The van der Waals surface area contributed by atoms with Gasteiger partial charge in [0.2, 0.25) is 0 Å². The minimum absolute atomic E-state index is 0.238. The van der Waals surface area contributed by atoms with Crippen molar-refractivity contribution in [3.63, 3.8) is 0 Å². The summed E-state index contributed by atoms with van der Waals surface area (Å²) >= 11 is 6.44. The molecule has 0 radical (unpaired) electrons. The maximum Gasteiger partial charge on any atom is 0.267 e. The second-order valence-corrected chi connectivity index (χ2v) is 7.64. The van der Waals surface area contributed by atoms with Crippen molar-refractivity contribution in [1.29, 1.82) is 0 Å². The van der Waals surface area contributed by atoms with Crippen LogP contribution in [-0.2, 0) is 9.53 Å². The zero-order valence-corrected chi connectivity index (χ0v) is 17.0. The summed E-state index contributed by atoms with van der Waals surface area (Å²) in [7, 11) is 1.64. The Morgan fingerprint density at radius 1 is 1.39 bits per heavy atom. The molecule has 1 aliphatic rings. The number of methoxy groups -OCH3 is 1. The van der Waals surface area contributed by atoms with E-state index in [1.54, 1.807) is 37.6 Å². The molecule has 1 N–H and O–H groups in total. The van der Waals surface area contributed by atoms with Gasteiger partial charge in [-0.2, -0.15) is 0 Å². The molecule has 146 valence electrons. The zero-order chi connectivity index (χ0) is 20.1. The van der Waals surface area contributed by atoms with Gasteiger partial charge < -0.3 is 10.1 Å². The predicted octanol–water partition coefficient (Wildman–Crippen LogP) is 2.53. The number of amides is 1. The van der Waals surface area contributed by atoms with Gasteiger partial charge in [-0.3, -0.25) is 18.9 Å². The van der Waals surface area contributed by atoms with Crippen LogP contribution in [0.15, 0.2) is 46.8 Å². The third-order valence-corrected chi connectivity index (χ3v) is 5.43. The Bertz CT molecular complexity index is 1020.